The quantitative estimate of drug-likeness (QED) is 0.857. The first-order valence-corrected chi connectivity index (χ1v) is 6.14. The molecule has 1 fully saturated rings. The summed E-state index contributed by atoms with van der Waals surface area (Å²) < 4.78 is 1.31. The number of hydrogen-bond acceptors (Lipinski definition) is 3. The summed E-state index contributed by atoms with van der Waals surface area (Å²) in [4.78, 5) is 36.2. The predicted octanol–water partition coefficient (Wildman–Crippen LogP) is 0.463. The van der Waals surface area contributed by atoms with Crippen LogP contribution in [0.25, 0.3) is 0 Å². The molecule has 1 aromatic heterocycles. The van der Waals surface area contributed by atoms with Gasteiger partial charge in [-0.3, -0.25) is 9.59 Å². The second-order valence-corrected chi connectivity index (χ2v) is 4.82. The monoisotopic (exact) mass is 264 g/mol. The van der Waals surface area contributed by atoms with Gasteiger partial charge in [-0.15, -0.1) is 0 Å². The molecule has 102 valence electrons. The molecular weight excluding hydrogens is 248 g/mol. The van der Waals surface area contributed by atoms with Gasteiger partial charge in [0.2, 0.25) is 5.56 Å². The number of aromatic nitrogens is 1. The van der Waals surface area contributed by atoms with Crippen molar-refractivity contribution in [2.24, 2.45) is 7.05 Å². The van der Waals surface area contributed by atoms with Crippen molar-refractivity contribution < 1.29 is 14.7 Å². The molecule has 6 heteroatoms. The van der Waals surface area contributed by atoms with Gasteiger partial charge < -0.3 is 14.6 Å². The minimum Gasteiger partial charge on any atom is -0.480 e. The van der Waals surface area contributed by atoms with Crippen LogP contribution in [0.1, 0.15) is 30.1 Å². The van der Waals surface area contributed by atoms with Gasteiger partial charge in [0.05, 0.1) is 5.56 Å². The second kappa shape index (κ2) is 4.87. The van der Waals surface area contributed by atoms with E-state index >= 15 is 0 Å². The second-order valence-electron chi connectivity index (χ2n) is 4.82. The van der Waals surface area contributed by atoms with Crippen molar-refractivity contribution in [3.8, 4) is 0 Å². The maximum atomic E-state index is 12.4. The van der Waals surface area contributed by atoms with Crippen LogP contribution in [0.5, 0.6) is 0 Å². The van der Waals surface area contributed by atoms with Crippen LogP contribution in [-0.4, -0.2) is 38.5 Å². The summed E-state index contributed by atoms with van der Waals surface area (Å²) in [7, 11) is 1.56. The van der Waals surface area contributed by atoms with Crippen molar-refractivity contribution in [2.45, 2.75) is 31.8 Å². The topological polar surface area (TPSA) is 79.6 Å². The van der Waals surface area contributed by atoms with Gasteiger partial charge in [-0.2, -0.15) is 0 Å². The van der Waals surface area contributed by atoms with E-state index in [1.165, 1.54) is 34.7 Å². The van der Waals surface area contributed by atoms with Crippen molar-refractivity contribution in [3.63, 3.8) is 0 Å². The molecular formula is C13H16N2O4. The molecule has 1 heterocycles. The van der Waals surface area contributed by atoms with Crippen LogP contribution in [0.3, 0.4) is 0 Å². The number of carboxylic acids is 1. The van der Waals surface area contributed by atoms with Crippen LogP contribution < -0.4 is 5.56 Å². The highest BCUT2D eigenvalue weighted by molar-refractivity contribution is 5.96. The summed E-state index contributed by atoms with van der Waals surface area (Å²) >= 11 is 0. The molecule has 1 atom stereocenters. The number of amides is 1. The lowest BCUT2D eigenvalue weighted by Crippen LogP contribution is -2.45. The Morgan fingerprint density at radius 2 is 2.05 bits per heavy atom. The Balaban J connectivity index is 2.31. The maximum absolute atomic E-state index is 12.4. The van der Waals surface area contributed by atoms with E-state index in [1.807, 2.05) is 0 Å². The molecule has 0 saturated heterocycles. The van der Waals surface area contributed by atoms with Gasteiger partial charge in [-0.1, -0.05) is 0 Å². The highest BCUT2D eigenvalue weighted by atomic mass is 16.4. The Morgan fingerprint density at radius 1 is 1.42 bits per heavy atom. The fourth-order valence-electron chi connectivity index (χ4n) is 2.00. The van der Waals surface area contributed by atoms with Gasteiger partial charge in [0.15, 0.2) is 0 Å². The van der Waals surface area contributed by atoms with Gasteiger partial charge in [-0.05, 0) is 25.8 Å². The summed E-state index contributed by atoms with van der Waals surface area (Å²) in [5, 5.41) is 9.07. The van der Waals surface area contributed by atoms with Gasteiger partial charge in [0.25, 0.3) is 5.91 Å². The first-order valence-electron chi connectivity index (χ1n) is 6.14. The van der Waals surface area contributed by atoms with Crippen LogP contribution in [0, 0.1) is 0 Å². The van der Waals surface area contributed by atoms with E-state index < -0.39 is 12.0 Å². The molecule has 1 amide bonds. The molecule has 19 heavy (non-hydrogen) atoms. The van der Waals surface area contributed by atoms with E-state index in [2.05, 4.69) is 0 Å². The highest BCUT2D eigenvalue weighted by Gasteiger charge is 2.38. The molecule has 0 radical (unpaired) electrons. The van der Waals surface area contributed by atoms with Crippen molar-refractivity contribution in [1.29, 1.82) is 0 Å². The largest absolute Gasteiger partial charge is 0.480 e. The minimum atomic E-state index is -1.02. The van der Waals surface area contributed by atoms with Crippen LogP contribution in [0.15, 0.2) is 23.1 Å². The highest BCUT2D eigenvalue weighted by Crippen LogP contribution is 2.30. The third kappa shape index (κ3) is 2.67. The average Bonchev–Trinajstić information content (AvgIpc) is 3.17. The molecule has 6 nitrogen and oxygen atoms in total. The Morgan fingerprint density at radius 3 is 2.53 bits per heavy atom. The van der Waals surface area contributed by atoms with Gasteiger partial charge in [0.1, 0.15) is 6.04 Å². The summed E-state index contributed by atoms with van der Waals surface area (Å²) in [6.07, 6.45) is 3.10. The Bertz CT molecular complexity index is 574. The van der Waals surface area contributed by atoms with Gasteiger partial charge >= 0.3 is 5.97 Å². The molecule has 1 aliphatic rings. The van der Waals surface area contributed by atoms with Crippen molar-refractivity contribution >= 4 is 11.9 Å². The minimum absolute atomic E-state index is 0.00386. The molecule has 1 aliphatic carbocycles. The predicted molar refractivity (Wildman–Crippen MR) is 68.0 cm³/mol. The maximum Gasteiger partial charge on any atom is 0.326 e. The van der Waals surface area contributed by atoms with E-state index in [4.69, 9.17) is 5.11 Å². The average molecular weight is 264 g/mol. The summed E-state index contributed by atoms with van der Waals surface area (Å²) in [6, 6.07) is 1.88. The number of carbonyl (C=O) groups excluding carboxylic acids is 1. The van der Waals surface area contributed by atoms with E-state index in [0.29, 0.717) is 5.56 Å². The lowest BCUT2D eigenvalue weighted by atomic mass is 10.2. The van der Waals surface area contributed by atoms with E-state index in [-0.39, 0.29) is 17.5 Å². The number of aryl methyl sites for hydroxylation is 1. The van der Waals surface area contributed by atoms with Crippen LogP contribution in [0.2, 0.25) is 0 Å². The van der Waals surface area contributed by atoms with E-state index in [9.17, 15) is 14.4 Å². The molecule has 0 aromatic carbocycles. The molecule has 1 saturated carbocycles. The summed E-state index contributed by atoms with van der Waals surface area (Å²) in [6.45, 7) is 1.50. The first-order chi connectivity index (χ1) is 8.91. The molecule has 1 aromatic rings. The summed E-state index contributed by atoms with van der Waals surface area (Å²) in [5.74, 6) is -1.36. The van der Waals surface area contributed by atoms with Crippen molar-refractivity contribution in [1.82, 2.24) is 9.47 Å². The lowest BCUT2D eigenvalue weighted by Gasteiger charge is -2.26. The molecule has 0 spiro atoms. The van der Waals surface area contributed by atoms with Gasteiger partial charge in [0, 0.05) is 25.4 Å². The fourth-order valence-corrected chi connectivity index (χ4v) is 2.00. The number of carbonyl (C=O) groups is 2. The Hall–Kier alpha value is -2.11. The number of aliphatic carboxylic acids is 1. The third-order valence-electron chi connectivity index (χ3n) is 3.28. The Kier molecular flexibility index (Phi) is 3.42. The van der Waals surface area contributed by atoms with Crippen LogP contribution in [-0.2, 0) is 11.8 Å². The summed E-state index contributed by atoms with van der Waals surface area (Å²) in [5.41, 5.74) is 0.128. The van der Waals surface area contributed by atoms with Crippen molar-refractivity contribution in [2.75, 3.05) is 0 Å². The number of hydrogen-bond donors (Lipinski definition) is 1. The van der Waals surface area contributed by atoms with Crippen molar-refractivity contribution in [3.05, 3.63) is 34.2 Å². The first kappa shape index (κ1) is 13.3. The number of pyridine rings is 1. The zero-order valence-electron chi connectivity index (χ0n) is 10.9. The number of nitrogens with zero attached hydrogens (tertiary/aromatic N) is 2. The standard InChI is InChI=1S/C13H16N2O4/c1-8(13(18)19)15(10-4-5-10)12(17)9-3-6-11(16)14(2)7-9/h3,6-8,10H,4-5H2,1-2H3,(H,18,19). The fraction of sp³-hybridized carbons (Fsp3) is 0.462. The van der Waals surface area contributed by atoms with Crippen LogP contribution in [0.4, 0.5) is 0 Å². The van der Waals surface area contributed by atoms with E-state index in [1.54, 1.807) is 7.05 Å². The lowest BCUT2D eigenvalue weighted by molar-refractivity contribution is -0.141. The zero-order valence-corrected chi connectivity index (χ0v) is 10.9. The molecule has 1 unspecified atom stereocenters. The smallest absolute Gasteiger partial charge is 0.326 e. The molecule has 2 rings (SSSR count). The van der Waals surface area contributed by atoms with Gasteiger partial charge in [-0.25, -0.2) is 4.79 Å². The van der Waals surface area contributed by atoms with E-state index in [0.717, 1.165) is 12.8 Å². The Labute approximate surface area is 110 Å². The SMILES string of the molecule is CC(C(=O)O)N(C(=O)c1ccc(=O)n(C)c1)C1CC1. The molecule has 0 bridgehead atoms. The third-order valence-corrected chi connectivity index (χ3v) is 3.28. The van der Waals surface area contributed by atoms with Crippen LogP contribution >= 0.6 is 0 Å². The molecule has 0 aliphatic heterocycles. The number of carboxylic acid groups (broad SMARTS) is 1. The normalized spacial score (nSPS) is 15.9. The number of rotatable bonds is 4. The molecule has 1 N–H and O–H groups in total. The zero-order chi connectivity index (χ0) is 14.2.